The number of hydrogen-bond acceptors (Lipinski definition) is 5. The molecule has 10 heteroatoms. The highest BCUT2D eigenvalue weighted by molar-refractivity contribution is 7.89. The number of nitrogens with zero attached hydrogens (tertiary/aromatic N) is 3. The molecule has 2 saturated heterocycles. The average molecular weight is 432 g/mol. The van der Waals surface area contributed by atoms with Gasteiger partial charge in [0.2, 0.25) is 10.0 Å². The third-order valence-electron chi connectivity index (χ3n) is 5.88. The number of nitrogens with one attached hydrogen (secondary N) is 1. The Morgan fingerprint density at radius 2 is 1.67 bits per heavy atom. The summed E-state index contributed by atoms with van der Waals surface area (Å²) in [4.78, 5) is 26.0. The summed E-state index contributed by atoms with van der Waals surface area (Å²) >= 11 is 0. The van der Waals surface area contributed by atoms with Crippen LogP contribution in [0.2, 0.25) is 0 Å². The minimum absolute atomic E-state index is 0.110. The molecule has 2 fully saturated rings. The Morgan fingerprint density at radius 1 is 1.03 bits per heavy atom. The van der Waals surface area contributed by atoms with Gasteiger partial charge in [0.05, 0.1) is 4.90 Å². The van der Waals surface area contributed by atoms with Crippen molar-refractivity contribution in [1.82, 2.24) is 19.4 Å². The van der Waals surface area contributed by atoms with Crippen LogP contribution in [0.1, 0.15) is 58.1 Å². The molecule has 1 aromatic carbocycles. The first-order chi connectivity index (χ1) is 14.4. The van der Waals surface area contributed by atoms with E-state index in [0.29, 0.717) is 31.7 Å². The first-order valence-corrected chi connectivity index (χ1v) is 11.5. The number of benzene rings is 1. The topological polar surface area (TPSA) is 129 Å². The summed E-state index contributed by atoms with van der Waals surface area (Å²) in [7, 11) is -3.48. The van der Waals surface area contributed by atoms with E-state index in [-0.39, 0.29) is 22.4 Å². The van der Waals surface area contributed by atoms with Crippen molar-refractivity contribution in [2.75, 3.05) is 26.2 Å². The summed E-state index contributed by atoms with van der Waals surface area (Å²) < 4.78 is 26.7. The predicted molar refractivity (Wildman–Crippen MR) is 109 cm³/mol. The second kappa shape index (κ2) is 8.19. The molecule has 160 valence electrons. The van der Waals surface area contributed by atoms with Crippen LogP contribution in [0.5, 0.6) is 0 Å². The number of sulfonamides is 1. The Hall–Kier alpha value is -2.72. The van der Waals surface area contributed by atoms with Crippen molar-refractivity contribution in [2.24, 2.45) is 5.73 Å². The lowest BCUT2D eigenvalue weighted by Gasteiger charge is -2.31. The number of carbonyl (C=O) groups excluding carboxylic acids is 2. The molecule has 2 aliphatic heterocycles. The lowest BCUT2D eigenvalue weighted by Crippen LogP contribution is -2.38. The standard InChI is InChI=1S/C20H25N5O4S/c21-19(26)18-13-17(22-23-18)14-7-11-24(12-8-14)20(27)15-3-5-16(6-4-15)30(28,29)25-9-1-2-10-25/h3-6,13-14H,1-2,7-12H2,(H2,21,26)(H,22,23). The number of primary amides is 1. The summed E-state index contributed by atoms with van der Waals surface area (Å²) in [5.41, 5.74) is 6.79. The Morgan fingerprint density at radius 3 is 2.23 bits per heavy atom. The summed E-state index contributed by atoms with van der Waals surface area (Å²) in [6.07, 6.45) is 3.25. The molecule has 3 N–H and O–H groups in total. The maximum absolute atomic E-state index is 12.8. The van der Waals surface area contributed by atoms with Gasteiger partial charge in [-0.3, -0.25) is 14.7 Å². The Kier molecular flexibility index (Phi) is 5.61. The maximum atomic E-state index is 12.8. The van der Waals surface area contributed by atoms with Gasteiger partial charge >= 0.3 is 0 Å². The molecule has 3 heterocycles. The van der Waals surface area contributed by atoms with Gasteiger partial charge in [0.25, 0.3) is 11.8 Å². The number of H-pyrrole nitrogens is 1. The van der Waals surface area contributed by atoms with Crippen LogP contribution in [0.3, 0.4) is 0 Å². The first kappa shape index (κ1) is 20.5. The zero-order valence-electron chi connectivity index (χ0n) is 16.6. The lowest BCUT2D eigenvalue weighted by molar-refractivity contribution is 0.0712. The van der Waals surface area contributed by atoms with E-state index >= 15 is 0 Å². The van der Waals surface area contributed by atoms with E-state index in [4.69, 9.17) is 5.73 Å². The second-order valence-corrected chi connectivity index (χ2v) is 9.71. The number of aromatic nitrogens is 2. The van der Waals surface area contributed by atoms with E-state index in [1.807, 2.05) is 0 Å². The highest BCUT2D eigenvalue weighted by atomic mass is 32.2. The number of rotatable bonds is 5. The molecule has 0 spiro atoms. The van der Waals surface area contributed by atoms with Crippen molar-refractivity contribution in [3.63, 3.8) is 0 Å². The van der Waals surface area contributed by atoms with Crippen molar-refractivity contribution >= 4 is 21.8 Å². The monoisotopic (exact) mass is 431 g/mol. The van der Waals surface area contributed by atoms with Gasteiger partial charge in [-0.2, -0.15) is 9.40 Å². The van der Waals surface area contributed by atoms with E-state index in [1.54, 1.807) is 23.1 Å². The molecule has 0 bridgehead atoms. The highest BCUT2D eigenvalue weighted by Crippen LogP contribution is 2.28. The Balaban J connectivity index is 1.38. The average Bonchev–Trinajstić information content (AvgIpc) is 3.46. The molecular weight excluding hydrogens is 406 g/mol. The predicted octanol–water partition coefficient (Wildman–Crippen LogP) is 1.31. The number of amides is 2. The van der Waals surface area contributed by atoms with E-state index in [1.165, 1.54) is 16.4 Å². The molecule has 1 aromatic heterocycles. The fourth-order valence-electron chi connectivity index (χ4n) is 4.10. The minimum Gasteiger partial charge on any atom is -0.364 e. The third kappa shape index (κ3) is 3.97. The number of hydrogen-bond donors (Lipinski definition) is 2. The molecule has 30 heavy (non-hydrogen) atoms. The van der Waals surface area contributed by atoms with Crippen molar-refractivity contribution < 1.29 is 18.0 Å². The number of piperidine rings is 1. The van der Waals surface area contributed by atoms with Crippen LogP contribution in [0.4, 0.5) is 0 Å². The molecule has 2 aliphatic rings. The van der Waals surface area contributed by atoms with Gasteiger partial charge in [0, 0.05) is 43.4 Å². The zero-order chi connectivity index (χ0) is 21.3. The number of aromatic amines is 1. The zero-order valence-corrected chi connectivity index (χ0v) is 17.4. The second-order valence-electron chi connectivity index (χ2n) is 7.77. The van der Waals surface area contributed by atoms with Gasteiger partial charge in [-0.05, 0) is 56.0 Å². The number of nitrogens with two attached hydrogens (primary N) is 1. The minimum atomic E-state index is -3.48. The van der Waals surface area contributed by atoms with Crippen LogP contribution in [0.15, 0.2) is 35.2 Å². The summed E-state index contributed by atoms with van der Waals surface area (Å²) in [5.74, 6) is -0.496. The quantitative estimate of drug-likeness (QED) is 0.737. The third-order valence-corrected chi connectivity index (χ3v) is 7.79. The highest BCUT2D eigenvalue weighted by Gasteiger charge is 2.29. The van der Waals surface area contributed by atoms with Gasteiger partial charge < -0.3 is 10.6 Å². The van der Waals surface area contributed by atoms with Gasteiger partial charge in [-0.25, -0.2) is 8.42 Å². The van der Waals surface area contributed by atoms with Crippen LogP contribution in [0, 0.1) is 0 Å². The van der Waals surface area contributed by atoms with Crippen LogP contribution in [0.25, 0.3) is 0 Å². The Labute approximate surface area is 175 Å². The molecule has 0 radical (unpaired) electrons. The first-order valence-electron chi connectivity index (χ1n) is 10.1. The fourth-order valence-corrected chi connectivity index (χ4v) is 5.61. The van der Waals surface area contributed by atoms with E-state index in [0.717, 1.165) is 31.4 Å². The molecule has 4 rings (SSSR count). The molecule has 0 aliphatic carbocycles. The van der Waals surface area contributed by atoms with Crippen molar-refractivity contribution in [1.29, 1.82) is 0 Å². The van der Waals surface area contributed by atoms with Crippen molar-refractivity contribution in [3.8, 4) is 0 Å². The SMILES string of the molecule is NC(=O)c1cc(C2CCN(C(=O)c3ccc(S(=O)(=O)N4CCCC4)cc3)CC2)[nH]n1. The van der Waals surface area contributed by atoms with E-state index < -0.39 is 15.9 Å². The van der Waals surface area contributed by atoms with Crippen molar-refractivity contribution in [2.45, 2.75) is 36.5 Å². The lowest BCUT2D eigenvalue weighted by atomic mass is 9.93. The maximum Gasteiger partial charge on any atom is 0.269 e. The molecule has 0 atom stereocenters. The fraction of sp³-hybridized carbons (Fsp3) is 0.450. The summed E-state index contributed by atoms with van der Waals surface area (Å²) in [6, 6.07) is 7.88. The summed E-state index contributed by atoms with van der Waals surface area (Å²) in [6.45, 7) is 2.24. The normalized spacial score (nSPS) is 18.6. The molecule has 0 unspecified atom stereocenters. The number of likely N-dealkylation sites (tertiary alicyclic amines) is 1. The van der Waals surface area contributed by atoms with Gasteiger partial charge in [0.1, 0.15) is 5.69 Å². The van der Waals surface area contributed by atoms with Crippen molar-refractivity contribution in [3.05, 3.63) is 47.3 Å². The van der Waals surface area contributed by atoms with E-state index in [9.17, 15) is 18.0 Å². The molecule has 9 nitrogen and oxygen atoms in total. The number of carbonyl (C=O) groups is 2. The molecule has 2 amide bonds. The molecular formula is C20H25N5O4S. The van der Waals surface area contributed by atoms with Gasteiger partial charge in [0.15, 0.2) is 0 Å². The van der Waals surface area contributed by atoms with Crippen LogP contribution in [-0.2, 0) is 10.0 Å². The van der Waals surface area contributed by atoms with Crippen LogP contribution >= 0.6 is 0 Å². The molecule has 0 saturated carbocycles. The smallest absolute Gasteiger partial charge is 0.269 e. The Bertz CT molecular complexity index is 1030. The molecule has 2 aromatic rings. The van der Waals surface area contributed by atoms with Gasteiger partial charge in [-0.15, -0.1) is 0 Å². The largest absolute Gasteiger partial charge is 0.364 e. The van der Waals surface area contributed by atoms with E-state index in [2.05, 4.69) is 10.2 Å². The summed E-state index contributed by atoms with van der Waals surface area (Å²) in [5, 5.41) is 6.78. The van der Waals surface area contributed by atoms with Gasteiger partial charge in [-0.1, -0.05) is 0 Å². The van der Waals surface area contributed by atoms with Crippen LogP contribution < -0.4 is 5.73 Å². The van der Waals surface area contributed by atoms with Crippen LogP contribution in [-0.4, -0.2) is 65.8 Å².